The number of aromatic amines is 1. The minimum absolute atomic E-state index is 0.0458. The number of hydrogen-bond donors (Lipinski definition) is 2. The van der Waals surface area contributed by atoms with E-state index in [0.29, 0.717) is 17.4 Å². The lowest BCUT2D eigenvalue weighted by molar-refractivity contribution is -0.117. The molecule has 0 saturated carbocycles. The fourth-order valence-electron chi connectivity index (χ4n) is 1.81. The molecule has 0 aliphatic carbocycles. The highest BCUT2D eigenvalue weighted by atomic mass is 16.3. The second kappa shape index (κ2) is 5.57. The SMILES string of the molecule is CCc1cn[nH]c1NC(=O)Cn1nnc(-c2ccco2)n1. The lowest BCUT2D eigenvalue weighted by Gasteiger charge is -2.03. The summed E-state index contributed by atoms with van der Waals surface area (Å²) < 4.78 is 5.16. The summed E-state index contributed by atoms with van der Waals surface area (Å²) in [7, 11) is 0. The molecule has 0 saturated heterocycles. The number of carbonyl (C=O) groups is 1. The van der Waals surface area contributed by atoms with Gasteiger partial charge in [-0.3, -0.25) is 9.89 Å². The molecule has 9 nitrogen and oxygen atoms in total. The first kappa shape index (κ1) is 13.0. The minimum atomic E-state index is -0.266. The molecule has 0 fully saturated rings. The highest BCUT2D eigenvalue weighted by Crippen LogP contribution is 2.13. The Hall–Kier alpha value is -2.97. The number of aromatic nitrogens is 6. The fraction of sp³-hybridized carbons (Fsp3) is 0.250. The van der Waals surface area contributed by atoms with Crippen molar-refractivity contribution >= 4 is 11.7 Å². The molecule has 2 N–H and O–H groups in total. The number of amides is 1. The van der Waals surface area contributed by atoms with Crippen LogP contribution in [0.3, 0.4) is 0 Å². The first-order valence-corrected chi connectivity index (χ1v) is 6.40. The number of rotatable bonds is 5. The van der Waals surface area contributed by atoms with Crippen LogP contribution in [0.1, 0.15) is 12.5 Å². The number of H-pyrrole nitrogens is 1. The standard InChI is InChI=1S/C12H13N7O2/c1-2-8-6-13-15-11(8)14-10(20)7-19-17-12(16-18-19)9-4-3-5-21-9/h3-6H,2,7H2,1H3,(H2,13,14,15,20). The Morgan fingerprint density at radius 1 is 1.52 bits per heavy atom. The molecule has 0 unspecified atom stereocenters. The van der Waals surface area contributed by atoms with Crippen molar-refractivity contribution in [2.24, 2.45) is 0 Å². The first-order chi connectivity index (χ1) is 10.3. The van der Waals surface area contributed by atoms with E-state index in [0.717, 1.165) is 12.0 Å². The quantitative estimate of drug-likeness (QED) is 0.719. The zero-order valence-electron chi connectivity index (χ0n) is 11.3. The molecule has 3 aromatic rings. The largest absolute Gasteiger partial charge is 0.461 e. The van der Waals surface area contributed by atoms with E-state index in [1.807, 2.05) is 6.92 Å². The van der Waals surface area contributed by atoms with Crippen LogP contribution < -0.4 is 5.32 Å². The topological polar surface area (TPSA) is 115 Å². The number of tetrazole rings is 1. The molecular formula is C12H13N7O2. The van der Waals surface area contributed by atoms with Crippen molar-refractivity contribution in [3.63, 3.8) is 0 Å². The van der Waals surface area contributed by atoms with E-state index in [4.69, 9.17) is 4.42 Å². The smallest absolute Gasteiger partial charge is 0.249 e. The highest BCUT2D eigenvalue weighted by molar-refractivity contribution is 5.90. The number of nitrogens with zero attached hydrogens (tertiary/aromatic N) is 5. The van der Waals surface area contributed by atoms with Crippen molar-refractivity contribution in [1.82, 2.24) is 30.4 Å². The van der Waals surface area contributed by atoms with Gasteiger partial charge >= 0.3 is 0 Å². The fourth-order valence-corrected chi connectivity index (χ4v) is 1.81. The third-order valence-corrected chi connectivity index (χ3v) is 2.84. The Balaban J connectivity index is 1.65. The van der Waals surface area contributed by atoms with Gasteiger partial charge in [0.05, 0.1) is 12.5 Å². The summed E-state index contributed by atoms with van der Waals surface area (Å²) >= 11 is 0. The summed E-state index contributed by atoms with van der Waals surface area (Å²) in [5, 5.41) is 21.1. The average molecular weight is 287 g/mol. The van der Waals surface area contributed by atoms with E-state index in [1.165, 1.54) is 11.1 Å². The Kier molecular flexibility index (Phi) is 3.46. The maximum Gasteiger partial charge on any atom is 0.249 e. The van der Waals surface area contributed by atoms with Crippen LogP contribution in [0.5, 0.6) is 0 Å². The van der Waals surface area contributed by atoms with Gasteiger partial charge in [-0.05, 0) is 23.8 Å². The van der Waals surface area contributed by atoms with Crippen LogP contribution in [0.4, 0.5) is 5.82 Å². The van der Waals surface area contributed by atoms with Crippen LogP contribution in [-0.4, -0.2) is 36.3 Å². The third-order valence-electron chi connectivity index (χ3n) is 2.84. The molecule has 0 aromatic carbocycles. The van der Waals surface area contributed by atoms with E-state index < -0.39 is 0 Å². The van der Waals surface area contributed by atoms with Gasteiger partial charge in [0.1, 0.15) is 12.4 Å². The van der Waals surface area contributed by atoms with Gasteiger partial charge in [-0.15, -0.1) is 10.2 Å². The van der Waals surface area contributed by atoms with Crippen molar-refractivity contribution in [1.29, 1.82) is 0 Å². The van der Waals surface area contributed by atoms with E-state index in [9.17, 15) is 4.79 Å². The van der Waals surface area contributed by atoms with Crippen LogP contribution in [-0.2, 0) is 17.8 Å². The molecule has 3 heterocycles. The average Bonchev–Trinajstić information content (AvgIpc) is 3.19. The van der Waals surface area contributed by atoms with Gasteiger partial charge in [0.2, 0.25) is 11.7 Å². The summed E-state index contributed by atoms with van der Waals surface area (Å²) in [6.07, 6.45) is 3.97. The molecule has 0 spiro atoms. The molecule has 108 valence electrons. The van der Waals surface area contributed by atoms with Gasteiger partial charge in [-0.2, -0.15) is 9.90 Å². The molecule has 3 rings (SSSR count). The summed E-state index contributed by atoms with van der Waals surface area (Å²) in [4.78, 5) is 13.1. The summed E-state index contributed by atoms with van der Waals surface area (Å²) in [6, 6.07) is 3.45. The van der Waals surface area contributed by atoms with Gasteiger partial charge in [0.25, 0.3) is 0 Å². The molecular weight excluding hydrogens is 274 g/mol. The molecule has 21 heavy (non-hydrogen) atoms. The predicted octanol–water partition coefficient (Wildman–Crippen LogP) is 0.857. The number of hydrogen-bond acceptors (Lipinski definition) is 6. The van der Waals surface area contributed by atoms with Gasteiger partial charge in [-0.25, -0.2) is 0 Å². The maximum atomic E-state index is 11.9. The zero-order chi connectivity index (χ0) is 14.7. The second-order valence-corrected chi connectivity index (χ2v) is 4.29. The second-order valence-electron chi connectivity index (χ2n) is 4.29. The molecule has 0 atom stereocenters. The van der Waals surface area contributed by atoms with Crippen molar-refractivity contribution < 1.29 is 9.21 Å². The summed E-state index contributed by atoms with van der Waals surface area (Å²) in [5.41, 5.74) is 0.936. The molecule has 0 radical (unpaired) electrons. The predicted molar refractivity (Wildman–Crippen MR) is 72.1 cm³/mol. The monoisotopic (exact) mass is 287 g/mol. The Labute approximate surface area is 119 Å². The normalized spacial score (nSPS) is 10.7. The van der Waals surface area contributed by atoms with Gasteiger partial charge in [0, 0.05) is 5.56 Å². The van der Waals surface area contributed by atoms with E-state index in [2.05, 4.69) is 30.9 Å². The van der Waals surface area contributed by atoms with Crippen LogP contribution in [0.15, 0.2) is 29.0 Å². The Morgan fingerprint density at radius 2 is 2.43 bits per heavy atom. The molecule has 3 aromatic heterocycles. The van der Waals surface area contributed by atoms with Crippen LogP contribution in [0.2, 0.25) is 0 Å². The Morgan fingerprint density at radius 3 is 3.19 bits per heavy atom. The van der Waals surface area contributed by atoms with E-state index in [1.54, 1.807) is 18.3 Å². The van der Waals surface area contributed by atoms with E-state index >= 15 is 0 Å². The minimum Gasteiger partial charge on any atom is -0.461 e. The summed E-state index contributed by atoms with van der Waals surface area (Å²) in [5.74, 6) is 1.17. The third kappa shape index (κ3) is 2.81. The van der Waals surface area contributed by atoms with Crippen molar-refractivity contribution in [2.75, 3.05) is 5.32 Å². The van der Waals surface area contributed by atoms with E-state index in [-0.39, 0.29) is 12.5 Å². The van der Waals surface area contributed by atoms with Crippen LogP contribution >= 0.6 is 0 Å². The number of furan rings is 1. The number of carbonyl (C=O) groups excluding carboxylic acids is 1. The summed E-state index contributed by atoms with van der Waals surface area (Å²) in [6.45, 7) is 1.94. The number of anilines is 1. The maximum absolute atomic E-state index is 11.9. The number of aryl methyl sites for hydroxylation is 1. The van der Waals surface area contributed by atoms with Gasteiger partial charge in [-0.1, -0.05) is 6.92 Å². The van der Waals surface area contributed by atoms with Gasteiger partial charge < -0.3 is 9.73 Å². The molecule has 0 aliphatic heterocycles. The Bertz CT molecular complexity index is 728. The zero-order valence-corrected chi connectivity index (χ0v) is 11.3. The van der Waals surface area contributed by atoms with Crippen molar-refractivity contribution in [2.45, 2.75) is 19.9 Å². The number of nitrogens with one attached hydrogen (secondary N) is 2. The van der Waals surface area contributed by atoms with Crippen LogP contribution in [0.25, 0.3) is 11.6 Å². The highest BCUT2D eigenvalue weighted by Gasteiger charge is 2.12. The van der Waals surface area contributed by atoms with Gasteiger partial charge in [0.15, 0.2) is 5.76 Å². The first-order valence-electron chi connectivity index (χ1n) is 6.40. The molecule has 1 amide bonds. The van der Waals surface area contributed by atoms with Crippen molar-refractivity contribution in [3.05, 3.63) is 30.2 Å². The lowest BCUT2D eigenvalue weighted by Crippen LogP contribution is -2.21. The molecule has 0 bridgehead atoms. The van der Waals surface area contributed by atoms with Crippen molar-refractivity contribution in [3.8, 4) is 11.6 Å². The van der Waals surface area contributed by atoms with Crippen LogP contribution in [0, 0.1) is 0 Å². The lowest BCUT2D eigenvalue weighted by atomic mass is 10.2. The molecule has 9 heteroatoms. The molecule has 0 aliphatic rings.